The van der Waals surface area contributed by atoms with Crippen LogP contribution in [-0.2, 0) is 9.53 Å². The third-order valence-electron chi connectivity index (χ3n) is 4.53. The minimum atomic E-state index is -0.286. The monoisotopic (exact) mass is 324 g/mol. The highest BCUT2D eigenvalue weighted by molar-refractivity contribution is 5.81. The van der Waals surface area contributed by atoms with Gasteiger partial charge in [-0.05, 0) is 19.3 Å². The van der Waals surface area contributed by atoms with Gasteiger partial charge in [0.2, 0.25) is 0 Å². The van der Waals surface area contributed by atoms with Crippen LogP contribution in [0.2, 0.25) is 0 Å². The van der Waals surface area contributed by atoms with E-state index in [2.05, 4.69) is 20.4 Å². The van der Waals surface area contributed by atoms with Crippen molar-refractivity contribution in [1.82, 2.24) is 0 Å². The van der Waals surface area contributed by atoms with Gasteiger partial charge in [0.25, 0.3) is 0 Å². The number of unbranched alkanes of at least 4 members (excludes halogenated alkanes) is 12. The molecule has 2 heteroatoms. The lowest BCUT2D eigenvalue weighted by atomic mass is 10.0. The number of hydrogen-bond donors (Lipinski definition) is 0. The first-order valence-electron chi connectivity index (χ1n) is 10.1. The van der Waals surface area contributed by atoms with Gasteiger partial charge >= 0.3 is 5.97 Å². The second kappa shape index (κ2) is 17.6. The van der Waals surface area contributed by atoms with Crippen molar-refractivity contribution in [1.29, 1.82) is 0 Å². The fourth-order valence-corrected chi connectivity index (χ4v) is 2.95. The average Bonchev–Trinajstić information content (AvgIpc) is 2.57. The molecule has 136 valence electrons. The molecule has 0 aliphatic carbocycles. The highest BCUT2D eigenvalue weighted by atomic mass is 16.5. The Balaban J connectivity index is 3.26. The SMILES string of the molecule is C=CC(=O)OC(CC)CCCCCCCCCCCCCCC. The van der Waals surface area contributed by atoms with Gasteiger partial charge in [0.15, 0.2) is 0 Å². The van der Waals surface area contributed by atoms with Crippen LogP contribution in [0.5, 0.6) is 0 Å². The number of ether oxygens (including phenoxy) is 1. The zero-order chi connectivity index (χ0) is 17.2. The van der Waals surface area contributed by atoms with Crippen molar-refractivity contribution in [2.24, 2.45) is 0 Å². The average molecular weight is 325 g/mol. The third kappa shape index (κ3) is 15.9. The van der Waals surface area contributed by atoms with Crippen LogP contribution < -0.4 is 0 Å². The summed E-state index contributed by atoms with van der Waals surface area (Å²) < 4.78 is 5.30. The van der Waals surface area contributed by atoms with Crippen molar-refractivity contribution in [2.45, 2.75) is 116 Å². The highest BCUT2D eigenvalue weighted by Gasteiger charge is 2.09. The zero-order valence-corrected chi connectivity index (χ0v) is 15.8. The molecule has 0 saturated heterocycles. The molecule has 0 heterocycles. The molecule has 0 aromatic carbocycles. The lowest BCUT2D eigenvalue weighted by Crippen LogP contribution is -2.15. The van der Waals surface area contributed by atoms with Crippen LogP contribution in [0.1, 0.15) is 110 Å². The van der Waals surface area contributed by atoms with Gasteiger partial charge in [0.05, 0.1) is 0 Å². The Morgan fingerprint density at radius 3 is 1.65 bits per heavy atom. The fourth-order valence-electron chi connectivity index (χ4n) is 2.95. The molecule has 0 radical (unpaired) electrons. The van der Waals surface area contributed by atoms with E-state index in [0.29, 0.717) is 0 Å². The smallest absolute Gasteiger partial charge is 0.330 e. The van der Waals surface area contributed by atoms with Crippen LogP contribution in [0.3, 0.4) is 0 Å². The Morgan fingerprint density at radius 2 is 1.26 bits per heavy atom. The van der Waals surface area contributed by atoms with Crippen LogP contribution in [-0.4, -0.2) is 12.1 Å². The Kier molecular flexibility index (Phi) is 17.0. The van der Waals surface area contributed by atoms with Crippen LogP contribution in [0.15, 0.2) is 12.7 Å². The van der Waals surface area contributed by atoms with Crippen molar-refractivity contribution in [3.8, 4) is 0 Å². The van der Waals surface area contributed by atoms with Gasteiger partial charge in [-0.25, -0.2) is 4.79 Å². The van der Waals surface area contributed by atoms with E-state index in [4.69, 9.17) is 4.74 Å². The van der Waals surface area contributed by atoms with Crippen LogP contribution in [0, 0.1) is 0 Å². The summed E-state index contributed by atoms with van der Waals surface area (Å²) in [6, 6.07) is 0. The second-order valence-corrected chi connectivity index (χ2v) is 6.70. The molecule has 0 fully saturated rings. The zero-order valence-electron chi connectivity index (χ0n) is 15.8. The van der Waals surface area contributed by atoms with E-state index in [1.54, 1.807) is 0 Å². The maximum absolute atomic E-state index is 11.2. The lowest BCUT2D eigenvalue weighted by molar-refractivity contribution is -0.143. The van der Waals surface area contributed by atoms with Crippen LogP contribution >= 0.6 is 0 Å². The first kappa shape index (κ1) is 22.2. The fraction of sp³-hybridized carbons (Fsp3) is 0.857. The van der Waals surface area contributed by atoms with Crippen molar-refractivity contribution in [3.05, 3.63) is 12.7 Å². The van der Waals surface area contributed by atoms with E-state index >= 15 is 0 Å². The Bertz CT molecular complexity index is 273. The van der Waals surface area contributed by atoms with E-state index in [1.807, 2.05) is 0 Å². The predicted octanol–water partition coefficient (Wildman–Crippen LogP) is 6.98. The van der Waals surface area contributed by atoms with E-state index < -0.39 is 0 Å². The quantitative estimate of drug-likeness (QED) is 0.164. The topological polar surface area (TPSA) is 26.3 Å². The molecule has 1 unspecified atom stereocenters. The largest absolute Gasteiger partial charge is 0.459 e. The summed E-state index contributed by atoms with van der Waals surface area (Å²) in [6.45, 7) is 7.79. The minimum absolute atomic E-state index is 0.0770. The third-order valence-corrected chi connectivity index (χ3v) is 4.53. The van der Waals surface area contributed by atoms with E-state index in [9.17, 15) is 4.79 Å². The summed E-state index contributed by atoms with van der Waals surface area (Å²) in [6.07, 6.45) is 21.0. The Labute approximate surface area is 145 Å². The number of esters is 1. The molecule has 0 aromatic heterocycles. The molecule has 1 atom stereocenters. The molecule has 0 amide bonds. The van der Waals surface area contributed by atoms with Gasteiger partial charge in [-0.1, -0.05) is 97.5 Å². The minimum Gasteiger partial charge on any atom is -0.459 e. The molecule has 0 N–H and O–H groups in total. The van der Waals surface area contributed by atoms with Gasteiger partial charge < -0.3 is 4.74 Å². The van der Waals surface area contributed by atoms with Crippen molar-refractivity contribution < 1.29 is 9.53 Å². The standard InChI is InChI=1S/C21H40O2/c1-4-7-8-9-10-11-12-13-14-15-16-17-18-19-20(5-2)23-21(22)6-3/h6,20H,3-5,7-19H2,1-2H3. The van der Waals surface area contributed by atoms with E-state index in [-0.39, 0.29) is 12.1 Å². The molecule has 0 saturated carbocycles. The van der Waals surface area contributed by atoms with Gasteiger partial charge in [-0.3, -0.25) is 0 Å². The summed E-state index contributed by atoms with van der Waals surface area (Å²) in [5, 5.41) is 0. The summed E-state index contributed by atoms with van der Waals surface area (Å²) in [5.41, 5.74) is 0. The molecule has 0 spiro atoms. The number of carbonyl (C=O) groups excluding carboxylic acids is 1. The Hall–Kier alpha value is -0.790. The van der Waals surface area contributed by atoms with E-state index in [0.717, 1.165) is 12.8 Å². The molecule has 2 nitrogen and oxygen atoms in total. The summed E-state index contributed by atoms with van der Waals surface area (Å²) in [7, 11) is 0. The maximum Gasteiger partial charge on any atom is 0.330 e. The van der Waals surface area contributed by atoms with Crippen LogP contribution in [0.4, 0.5) is 0 Å². The first-order valence-corrected chi connectivity index (χ1v) is 10.1. The molecule has 0 bridgehead atoms. The molecule has 0 rings (SSSR count). The molecular formula is C21H40O2. The molecular weight excluding hydrogens is 284 g/mol. The predicted molar refractivity (Wildman–Crippen MR) is 101 cm³/mol. The number of carbonyl (C=O) groups is 1. The molecule has 0 aliphatic heterocycles. The van der Waals surface area contributed by atoms with Gasteiger partial charge in [0, 0.05) is 6.08 Å². The normalized spacial score (nSPS) is 12.1. The summed E-state index contributed by atoms with van der Waals surface area (Å²) in [5.74, 6) is -0.286. The van der Waals surface area contributed by atoms with Crippen molar-refractivity contribution >= 4 is 5.97 Å². The maximum atomic E-state index is 11.2. The number of hydrogen-bond acceptors (Lipinski definition) is 2. The van der Waals surface area contributed by atoms with Gasteiger partial charge in [0.1, 0.15) is 6.10 Å². The Morgan fingerprint density at radius 1 is 0.826 bits per heavy atom. The first-order chi connectivity index (χ1) is 11.2. The molecule has 23 heavy (non-hydrogen) atoms. The number of rotatable bonds is 17. The highest BCUT2D eigenvalue weighted by Crippen LogP contribution is 2.15. The summed E-state index contributed by atoms with van der Waals surface area (Å²) >= 11 is 0. The lowest BCUT2D eigenvalue weighted by Gasteiger charge is -2.14. The van der Waals surface area contributed by atoms with Gasteiger partial charge in [-0.15, -0.1) is 0 Å². The van der Waals surface area contributed by atoms with Crippen molar-refractivity contribution in [3.63, 3.8) is 0 Å². The van der Waals surface area contributed by atoms with Crippen molar-refractivity contribution in [2.75, 3.05) is 0 Å². The summed E-state index contributed by atoms with van der Waals surface area (Å²) in [4.78, 5) is 11.2. The molecule has 0 aliphatic rings. The van der Waals surface area contributed by atoms with Crippen LogP contribution in [0.25, 0.3) is 0 Å². The molecule has 0 aromatic rings. The van der Waals surface area contributed by atoms with Gasteiger partial charge in [-0.2, -0.15) is 0 Å². The second-order valence-electron chi connectivity index (χ2n) is 6.70. The van der Waals surface area contributed by atoms with E-state index in [1.165, 1.54) is 89.5 Å².